The van der Waals surface area contributed by atoms with Gasteiger partial charge in [0.05, 0.1) is 18.4 Å². The summed E-state index contributed by atoms with van der Waals surface area (Å²) in [4.78, 5) is 3.80. The van der Waals surface area contributed by atoms with Crippen LogP contribution in [-0.2, 0) is 12.7 Å². The standard InChI is InChI=1S/C11H11F3N4/c12-11(13,14)8-3-1-7(2-4-8)5-18-6-17-9(15)10(18)16/h1-4,6H,5,15-16H2. The third-order valence-corrected chi connectivity index (χ3v) is 2.54. The number of aromatic nitrogens is 2. The summed E-state index contributed by atoms with van der Waals surface area (Å²) in [6.45, 7) is 0.328. The topological polar surface area (TPSA) is 69.9 Å². The molecular formula is C11H11F3N4. The third-order valence-electron chi connectivity index (χ3n) is 2.54. The molecule has 0 fully saturated rings. The van der Waals surface area contributed by atoms with Crippen molar-refractivity contribution in [2.24, 2.45) is 0 Å². The molecule has 0 unspecified atom stereocenters. The van der Waals surface area contributed by atoms with Gasteiger partial charge in [-0.1, -0.05) is 12.1 Å². The van der Waals surface area contributed by atoms with Crippen LogP contribution in [0.4, 0.5) is 24.8 Å². The summed E-state index contributed by atoms with van der Waals surface area (Å²) in [6.07, 6.45) is -2.88. The first-order valence-corrected chi connectivity index (χ1v) is 5.10. The first kappa shape index (κ1) is 12.3. The average Bonchev–Trinajstić information content (AvgIpc) is 2.61. The number of benzene rings is 1. The third kappa shape index (κ3) is 2.39. The lowest BCUT2D eigenvalue weighted by Crippen LogP contribution is -2.06. The molecule has 0 saturated carbocycles. The summed E-state index contributed by atoms with van der Waals surface area (Å²) in [5.74, 6) is 0.511. The van der Waals surface area contributed by atoms with Crippen LogP contribution in [-0.4, -0.2) is 9.55 Å². The van der Waals surface area contributed by atoms with Crippen molar-refractivity contribution in [2.75, 3.05) is 11.5 Å². The fraction of sp³-hybridized carbons (Fsp3) is 0.182. The lowest BCUT2D eigenvalue weighted by Gasteiger charge is -2.08. The molecule has 1 heterocycles. The minimum Gasteiger partial charge on any atom is -0.382 e. The summed E-state index contributed by atoms with van der Waals surface area (Å²) in [5.41, 5.74) is 11.1. The van der Waals surface area contributed by atoms with Crippen molar-refractivity contribution in [2.45, 2.75) is 12.7 Å². The molecule has 1 aromatic carbocycles. The molecule has 0 aliphatic heterocycles. The summed E-state index contributed by atoms with van der Waals surface area (Å²) >= 11 is 0. The Morgan fingerprint density at radius 2 is 1.72 bits per heavy atom. The van der Waals surface area contributed by atoms with Crippen molar-refractivity contribution in [3.05, 3.63) is 41.7 Å². The van der Waals surface area contributed by atoms with Crippen molar-refractivity contribution in [3.8, 4) is 0 Å². The van der Waals surface area contributed by atoms with Crippen molar-refractivity contribution >= 4 is 11.6 Å². The number of imidazole rings is 1. The van der Waals surface area contributed by atoms with Gasteiger partial charge < -0.3 is 16.0 Å². The molecule has 2 rings (SSSR count). The summed E-state index contributed by atoms with van der Waals surface area (Å²) < 4.78 is 38.7. The van der Waals surface area contributed by atoms with E-state index in [1.54, 1.807) is 4.57 Å². The van der Waals surface area contributed by atoms with Gasteiger partial charge in [0.25, 0.3) is 0 Å². The number of alkyl halides is 3. The van der Waals surface area contributed by atoms with Crippen LogP contribution in [0, 0.1) is 0 Å². The Morgan fingerprint density at radius 3 is 2.17 bits per heavy atom. The van der Waals surface area contributed by atoms with Gasteiger partial charge in [0, 0.05) is 0 Å². The van der Waals surface area contributed by atoms with E-state index in [0.29, 0.717) is 17.9 Å². The van der Waals surface area contributed by atoms with Gasteiger partial charge in [-0.2, -0.15) is 13.2 Å². The van der Waals surface area contributed by atoms with E-state index in [1.807, 2.05) is 0 Å². The minimum absolute atomic E-state index is 0.210. The molecule has 4 nitrogen and oxygen atoms in total. The number of rotatable bonds is 2. The molecule has 0 aliphatic rings. The predicted octanol–water partition coefficient (Wildman–Crippen LogP) is 2.11. The average molecular weight is 256 g/mol. The Bertz CT molecular complexity index is 542. The molecule has 4 N–H and O–H groups in total. The molecule has 2 aromatic rings. The van der Waals surface area contributed by atoms with Crippen LogP contribution in [0.5, 0.6) is 0 Å². The zero-order valence-corrected chi connectivity index (χ0v) is 9.28. The molecule has 0 aliphatic carbocycles. The largest absolute Gasteiger partial charge is 0.416 e. The normalized spacial score (nSPS) is 11.7. The zero-order chi connectivity index (χ0) is 13.3. The number of halogens is 3. The highest BCUT2D eigenvalue weighted by atomic mass is 19.4. The Balaban J connectivity index is 2.19. The number of hydrogen-bond acceptors (Lipinski definition) is 3. The number of anilines is 2. The highest BCUT2D eigenvalue weighted by Gasteiger charge is 2.29. The van der Waals surface area contributed by atoms with Gasteiger partial charge in [0.15, 0.2) is 5.82 Å². The smallest absolute Gasteiger partial charge is 0.382 e. The van der Waals surface area contributed by atoms with Crippen LogP contribution in [0.15, 0.2) is 30.6 Å². The maximum atomic E-state index is 12.4. The fourth-order valence-electron chi connectivity index (χ4n) is 1.53. The van der Waals surface area contributed by atoms with Gasteiger partial charge in [-0.3, -0.25) is 0 Å². The van der Waals surface area contributed by atoms with Gasteiger partial charge >= 0.3 is 6.18 Å². The zero-order valence-electron chi connectivity index (χ0n) is 9.28. The quantitative estimate of drug-likeness (QED) is 0.864. The highest BCUT2D eigenvalue weighted by molar-refractivity contribution is 5.53. The van der Waals surface area contributed by atoms with Crippen molar-refractivity contribution < 1.29 is 13.2 Å². The van der Waals surface area contributed by atoms with Crippen molar-refractivity contribution in [1.82, 2.24) is 9.55 Å². The molecule has 0 spiro atoms. The van der Waals surface area contributed by atoms with E-state index >= 15 is 0 Å². The molecule has 0 radical (unpaired) electrons. The molecule has 7 heteroatoms. The Morgan fingerprint density at radius 1 is 1.11 bits per heavy atom. The second-order valence-electron chi connectivity index (χ2n) is 3.84. The van der Waals surface area contributed by atoms with Gasteiger partial charge in [-0.25, -0.2) is 4.98 Å². The maximum Gasteiger partial charge on any atom is 0.416 e. The maximum absolute atomic E-state index is 12.4. The Kier molecular flexibility index (Phi) is 2.90. The van der Waals surface area contributed by atoms with Crippen LogP contribution >= 0.6 is 0 Å². The van der Waals surface area contributed by atoms with Crippen LogP contribution in [0.1, 0.15) is 11.1 Å². The second kappa shape index (κ2) is 4.25. The minimum atomic E-state index is -4.32. The second-order valence-corrected chi connectivity index (χ2v) is 3.84. The van der Waals surface area contributed by atoms with E-state index in [1.165, 1.54) is 18.5 Å². The molecule has 96 valence electrons. The van der Waals surface area contributed by atoms with E-state index in [2.05, 4.69) is 4.98 Å². The van der Waals surface area contributed by atoms with Crippen LogP contribution in [0.3, 0.4) is 0 Å². The summed E-state index contributed by atoms with van der Waals surface area (Å²) in [6, 6.07) is 4.87. The van der Waals surface area contributed by atoms with Gasteiger partial charge in [-0.15, -0.1) is 0 Å². The Labute approximate surface area is 101 Å². The summed E-state index contributed by atoms with van der Waals surface area (Å²) in [7, 11) is 0. The van der Waals surface area contributed by atoms with E-state index in [-0.39, 0.29) is 5.82 Å². The number of nitrogens with two attached hydrogens (primary N) is 2. The predicted molar refractivity (Wildman–Crippen MR) is 61.6 cm³/mol. The van der Waals surface area contributed by atoms with Crippen LogP contribution < -0.4 is 11.5 Å². The van der Waals surface area contributed by atoms with E-state index in [9.17, 15) is 13.2 Å². The molecule has 18 heavy (non-hydrogen) atoms. The first-order valence-electron chi connectivity index (χ1n) is 5.10. The van der Waals surface area contributed by atoms with Crippen LogP contribution in [0.2, 0.25) is 0 Å². The van der Waals surface area contributed by atoms with Gasteiger partial charge in [0.2, 0.25) is 0 Å². The Hall–Kier alpha value is -2.18. The monoisotopic (exact) mass is 256 g/mol. The van der Waals surface area contributed by atoms with E-state index in [4.69, 9.17) is 11.5 Å². The van der Waals surface area contributed by atoms with Gasteiger partial charge in [-0.05, 0) is 17.7 Å². The first-order chi connectivity index (χ1) is 8.38. The molecule has 0 bridgehead atoms. The molecule has 0 atom stereocenters. The number of hydrogen-bond donors (Lipinski definition) is 2. The number of nitrogens with zero attached hydrogens (tertiary/aromatic N) is 2. The summed E-state index contributed by atoms with van der Waals surface area (Å²) in [5, 5.41) is 0. The van der Waals surface area contributed by atoms with E-state index in [0.717, 1.165) is 12.1 Å². The van der Waals surface area contributed by atoms with Crippen molar-refractivity contribution in [3.63, 3.8) is 0 Å². The number of nitrogen functional groups attached to an aromatic ring is 2. The highest BCUT2D eigenvalue weighted by Crippen LogP contribution is 2.29. The fourth-order valence-corrected chi connectivity index (χ4v) is 1.53. The molecule has 0 saturated heterocycles. The van der Waals surface area contributed by atoms with Crippen molar-refractivity contribution in [1.29, 1.82) is 0 Å². The molecule has 0 amide bonds. The molecule has 1 aromatic heterocycles. The lowest BCUT2D eigenvalue weighted by molar-refractivity contribution is -0.137. The van der Waals surface area contributed by atoms with E-state index < -0.39 is 11.7 Å². The lowest BCUT2D eigenvalue weighted by atomic mass is 10.1. The SMILES string of the molecule is Nc1ncn(Cc2ccc(C(F)(F)F)cc2)c1N. The van der Waals surface area contributed by atoms with Gasteiger partial charge in [0.1, 0.15) is 5.82 Å². The van der Waals surface area contributed by atoms with Crippen LogP contribution in [0.25, 0.3) is 0 Å². The molecular weight excluding hydrogens is 245 g/mol.